The molecule has 0 atom stereocenters. The molecule has 2 rings (SSSR count). The highest BCUT2D eigenvalue weighted by Gasteiger charge is 2.11. The second-order valence-corrected chi connectivity index (χ2v) is 4.71. The van der Waals surface area contributed by atoms with Crippen LogP contribution in [0.1, 0.15) is 16.1 Å². The van der Waals surface area contributed by atoms with Gasteiger partial charge in [0.05, 0.1) is 16.9 Å². The van der Waals surface area contributed by atoms with Gasteiger partial charge in [-0.2, -0.15) is 0 Å². The van der Waals surface area contributed by atoms with Crippen LogP contribution in [0.4, 0.5) is 15.9 Å². The van der Waals surface area contributed by atoms with E-state index in [1.807, 2.05) is 0 Å². The summed E-state index contributed by atoms with van der Waals surface area (Å²) in [5.41, 5.74) is 0.751. The van der Waals surface area contributed by atoms with E-state index in [-0.39, 0.29) is 11.3 Å². The number of aryl methyl sites for hydroxylation is 1. The Balaban J connectivity index is 2.34. The van der Waals surface area contributed by atoms with Gasteiger partial charge in [0.15, 0.2) is 0 Å². The molecule has 0 spiro atoms. The predicted molar refractivity (Wildman–Crippen MR) is 73.3 cm³/mol. The minimum Gasteiger partial charge on any atom is -0.478 e. The van der Waals surface area contributed by atoms with E-state index in [1.54, 1.807) is 19.1 Å². The molecule has 0 aliphatic heterocycles. The monoisotopic (exact) mass is 324 g/mol. The van der Waals surface area contributed by atoms with E-state index in [0.717, 1.165) is 0 Å². The number of nitrogens with one attached hydrogen (secondary N) is 1. The third-order valence-corrected chi connectivity index (χ3v) is 3.19. The smallest absolute Gasteiger partial charge is 0.337 e. The molecule has 0 aliphatic carbocycles. The Morgan fingerprint density at radius 1 is 1.37 bits per heavy atom. The van der Waals surface area contributed by atoms with Gasteiger partial charge < -0.3 is 10.4 Å². The Labute approximate surface area is 117 Å². The Hall–Kier alpha value is -1.95. The number of nitrogens with zero attached hydrogens (tertiary/aromatic N) is 1. The molecule has 2 N–H and O–H groups in total. The van der Waals surface area contributed by atoms with Crippen LogP contribution in [-0.4, -0.2) is 16.1 Å². The van der Waals surface area contributed by atoms with Gasteiger partial charge in [-0.15, -0.1) is 0 Å². The lowest BCUT2D eigenvalue weighted by molar-refractivity contribution is 0.0695. The van der Waals surface area contributed by atoms with Crippen LogP contribution in [0.15, 0.2) is 34.8 Å². The molecular weight excluding hydrogens is 315 g/mol. The number of hydrogen-bond acceptors (Lipinski definition) is 3. The Bertz CT molecular complexity index is 626. The summed E-state index contributed by atoms with van der Waals surface area (Å²) < 4.78 is 14.2. The predicted octanol–water partition coefficient (Wildman–Crippen LogP) is 3.73. The van der Waals surface area contributed by atoms with Crippen molar-refractivity contribution in [3.63, 3.8) is 0 Å². The first-order chi connectivity index (χ1) is 8.99. The third-order valence-electron chi connectivity index (χ3n) is 2.53. The number of benzene rings is 1. The van der Waals surface area contributed by atoms with Crippen LogP contribution in [-0.2, 0) is 0 Å². The number of aromatic carboxylic acids is 1. The van der Waals surface area contributed by atoms with E-state index in [2.05, 4.69) is 26.2 Å². The maximum atomic E-state index is 13.6. The van der Waals surface area contributed by atoms with E-state index in [0.29, 0.717) is 16.0 Å². The van der Waals surface area contributed by atoms with Gasteiger partial charge in [0.1, 0.15) is 11.6 Å². The maximum Gasteiger partial charge on any atom is 0.337 e. The van der Waals surface area contributed by atoms with Crippen molar-refractivity contribution in [2.45, 2.75) is 6.92 Å². The minimum absolute atomic E-state index is 0.123. The van der Waals surface area contributed by atoms with E-state index >= 15 is 0 Å². The Morgan fingerprint density at radius 3 is 2.68 bits per heavy atom. The highest BCUT2D eigenvalue weighted by Crippen LogP contribution is 2.28. The molecule has 0 amide bonds. The van der Waals surface area contributed by atoms with Gasteiger partial charge in [0.25, 0.3) is 0 Å². The molecule has 2 aromatic rings. The average molecular weight is 325 g/mol. The standard InChI is InChI=1S/C13H10BrFN2O2/c1-7-8(13(18)19)5-6-11(16-7)17-12-9(14)3-2-4-10(12)15/h2-6H,1H3,(H,16,17)(H,18,19). The maximum absolute atomic E-state index is 13.6. The Kier molecular flexibility index (Phi) is 3.80. The summed E-state index contributed by atoms with van der Waals surface area (Å²) in [6, 6.07) is 7.53. The summed E-state index contributed by atoms with van der Waals surface area (Å²) >= 11 is 3.24. The van der Waals surface area contributed by atoms with Gasteiger partial charge in [-0.3, -0.25) is 0 Å². The van der Waals surface area contributed by atoms with Gasteiger partial charge in [-0.25, -0.2) is 14.2 Å². The van der Waals surface area contributed by atoms with Gasteiger partial charge in [-0.05, 0) is 47.1 Å². The first-order valence-corrected chi connectivity index (χ1v) is 6.20. The number of para-hydroxylation sites is 1. The summed E-state index contributed by atoms with van der Waals surface area (Å²) in [6.07, 6.45) is 0. The van der Waals surface area contributed by atoms with Crippen LogP contribution in [0.25, 0.3) is 0 Å². The summed E-state index contributed by atoms with van der Waals surface area (Å²) in [7, 11) is 0. The quantitative estimate of drug-likeness (QED) is 0.902. The van der Waals surface area contributed by atoms with Crippen molar-refractivity contribution in [2.75, 3.05) is 5.32 Å². The lowest BCUT2D eigenvalue weighted by atomic mass is 10.2. The van der Waals surface area contributed by atoms with Gasteiger partial charge in [-0.1, -0.05) is 6.07 Å². The van der Waals surface area contributed by atoms with Crippen molar-refractivity contribution in [3.8, 4) is 0 Å². The van der Waals surface area contributed by atoms with Crippen LogP contribution in [0.3, 0.4) is 0 Å². The summed E-state index contributed by atoms with van der Waals surface area (Å²) in [4.78, 5) is 15.0. The van der Waals surface area contributed by atoms with Crippen molar-refractivity contribution in [3.05, 3.63) is 51.9 Å². The molecule has 1 heterocycles. The van der Waals surface area contributed by atoms with Crippen LogP contribution in [0.5, 0.6) is 0 Å². The number of aromatic nitrogens is 1. The minimum atomic E-state index is -1.04. The number of hydrogen-bond donors (Lipinski definition) is 2. The van der Waals surface area contributed by atoms with Crippen molar-refractivity contribution >= 4 is 33.4 Å². The van der Waals surface area contributed by atoms with Crippen molar-refractivity contribution in [2.24, 2.45) is 0 Å². The lowest BCUT2D eigenvalue weighted by Crippen LogP contribution is -2.04. The molecule has 0 radical (unpaired) electrons. The molecule has 1 aromatic carbocycles. The summed E-state index contributed by atoms with van der Waals surface area (Å²) in [6.45, 7) is 1.59. The van der Waals surface area contributed by atoms with Gasteiger partial charge in [0.2, 0.25) is 0 Å². The van der Waals surface area contributed by atoms with Crippen LogP contribution in [0, 0.1) is 12.7 Å². The molecule has 4 nitrogen and oxygen atoms in total. The average Bonchev–Trinajstić information content (AvgIpc) is 2.33. The first-order valence-electron chi connectivity index (χ1n) is 5.41. The molecule has 1 aromatic heterocycles. The molecule has 0 saturated heterocycles. The fourth-order valence-electron chi connectivity index (χ4n) is 1.60. The highest BCUT2D eigenvalue weighted by atomic mass is 79.9. The zero-order valence-electron chi connectivity index (χ0n) is 9.95. The molecule has 0 bridgehead atoms. The second-order valence-electron chi connectivity index (χ2n) is 3.86. The summed E-state index contributed by atoms with van der Waals surface area (Å²) in [5.74, 6) is -1.08. The number of pyridine rings is 1. The number of rotatable bonds is 3. The van der Waals surface area contributed by atoms with Crippen LogP contribution < -0.4 is 5.32 Å². The molecule has 6 heteroatoms. The SMILES string of the molecule is Cc1nc(Nc2c(F)cccc2Br)ccc1C(=O)O. The van der Waals surface area contributed by atoms with E-state index in [4.69, 9.17) is 5.11 Å². The molecule has 0 unspecified atom stereocenters. The largest absolute Gasteiger partial charge is 0.478 e. The number of halogens is 2. The number of carboxylic acids is 1. The molecule has 19 heavy (non-hydrogen) atoms. The fraction of sp³-hybridized carbons (Fsp3) is 0.0769. The van der Waals surface area contributed by atoms with E-state index < -0.39 is 11.8 Å². The highest BCUT2D eigenvalue weighted by molar-refractivity contribution is 9.10. The molecule has 0 saturated carbocycles. The Morgan fingerprint density at radius 2 is 2.11 bits per heavy atom. The van der Waals surface area contributed by atoms with Crippen molar-refractivity contribution in [1.82, 2.24) is 4.98 Å². The lowest BCUT2D eigenvalue weighted by Gasteiger charge is -2.10. The van der Waals surface area contributed by atoms with Gasteiger partial charge >= 0.3 is 5.97 Å². The van der Waals surface area contributed by atoms with E-state index in [9.17, 15) is 9.18 Å². The molecule has 0 fully saturated rings. The normalized spacial score (nSPS) is 10.3. The van der Waals surface area contributed by atoms with Crippen LogP contribution >= 0.6 is 15.9 Å². The number of carboxylic acid groups (broad SMARTS) is 1. The number of anilines is 2. The fourth-order valence-corrected chi connectivity index (χ4v) is 2.04. The third kappa shape index (κ3) is 2.90. The van der Waals surface area contributed by atoms with Crippen LogP contribution in [0.2, 0.25) is 0 Å². The van der Waals surface area contributed by atoms with Crippen molar-refractivity contribution in [1.29, 1.82) is 0 Å². The molecule has 0 aliphatic rings. The molecule has 98 valence electrons. The number of carbonyl (C=O) groups is 1. The summed E-state index contributed by atoms with van der Waals surface area (Å²) in [5, 5.41) is 11.7. The first kappa shape index (κ1) is 13.5. The zero-order chi connectivity index (χ0) is 14.0. The zero-order valence-corrected chi connectivity index (χ0v) is 11.5. The van der Waals surface area contributed by atoms with Gasteiger partial charge in [0, 0.05) is 4.47 Å². The topological polar surface area (TPSA) is 62.2 Å². The van der Waals surface area contributed by atoms with Crippen molar-refractivity contribution < 1.29 is 14.3 Å². The second kappa shape index (κ2) is 5.36. The molecular formula is C13H10BrFN2O2. The van der Waals surface area contributed by atoms with E-state index in [1.165, 1.54) is 18.2 Å².